The van der Waals surface area contributed by atoms with E-state index in [0.29, 0.717) is 16.3 Å². The Kier molecular flexibility index (Phi) is 4.21. The van der Waals surface area contributed by atoms with Gasteiger partial charge in [-0.15, -0.1) is 0 Å². The monoisotopic (exact) mass is 288 g/mol. The van der Waals surface area contributed by atoms with Crippen LogP contribution in [0.25, 0.3) is 10.8 Å². The van der Waals surface area contributed by atoms with Crippen molar-refractivity contribution < 1.29 is 14.0 Å². The predicted octanol–water partition coefficient (Wildman–Crippen LogP) is 2.31. The lowest BCUT2D eigenvalue weighted by molar-refractivity contribution is -0.119. The van der Waals surface area contributed by atoms with Crippen LogP contribution in [0.2, 0.25) is 0 Å². The van der Waals surface area contributed by atoms with E-state index in [0.717, 1.165) is 0 Å². The molecule has 2 aromatic carbocycles. The van der Waals surface area contributed by atoms with Gasteiger partial charge in [0, 0.05) is 17.0 Å². The molecule has 2 rings (SSSR count). The minimum atomic E-state index is -0.580. The lowest BCUT2D eigenvalue weighted by Crippen LogP contribution is -2.42. The Morgan fingerprint density at radius 3 is 2.33 bits per heavy atom. The van der Waals surface area contributed by atoms with Crippen molar-refractivity contribution in [3.63, 3.8) is 0 Å². The van der Waals surface area contributed by atoms with Gasteiger partial charge in [0.05, 0.1) is 6.54 Å². The minimum Gasteiger partial charge on any atom is -0.368 e. The van der Waals surface area contributed by atoms with E-state index in [2.05, 4.69) is 0 Å². The van der Waals surface area contributed by atoms with Gasteiger partial charge in [-0.2, -0.15) is 0 Å². The molecule has 0 bridgehead atoms. The molecule has 2 amide bonds. The van der Waals surface area contributed by atoms with Crippen LogP contribution in [0.5, 0.6) is 0 Å². The molecule has 0 radical (unpaired) electrons. The summed E-state index contributed by atoms with van der Waals surface area (Å²) in [5.74, 6) is -1.29. The minimum absolute atomic E-state index is 0.164. The van der Waals surface area contributed by atoms with Crippen LogP contribution >= 0.6 is 0 Å². The number of primary amides is 1. The highest BCUT2D eigenvalue weighted by Crippen LogP contribution is 2.23. The zero-order valence-electron chi connectivity index (χ0n) is 12.0. The Bertz CT molecular complexity index is 698. The highest BCUT2D eigenvalue weighted by Gasteiger charge is 2.22. The second-order valence-corrected chi connectivity index (χ2v) is 5.13. The summed E-state index contributed by atoms with van der Waals surface area (Å²) in [7, 11) is 0. The summed E-state index contributed by atoms with van der Waals surface area (Å²) in [6.45, 7) is 3.43. The van der Waals surface area contributed by atoms with Gasteiger partial charge >= 0.3 is 0 Å². The molecule has 0 heterocycles. The number of carbonyl (C=O) groups is 2. The first kappa shape index (κ1) is 15.0. The van der Waals surface area contributed by atoms with Crippen LogP contribution in [-0.2, 0) is 4.79 Å². The van der Waals surface area contributed by atoms with Crippen LogP contribution in [0.15, 0.2) is 36.4 Å². The maximum Gasteiger partial charge on any atom is 0.255 e. The zero-order valence-corrected chi connectivity index (χ0v) is 12.0. The summed E-state index contributed by atoms with van der Waals surface area (Å²) in [6.07, 6.45) is 0. The molecule has 0 spiro atoms. The molecule has 2 N–H and O–H groups in total. The summed E-state index contributed by atoms with van der Waals surface area (Å²) in [4.78, 5) is 25.2. The van der Waals surface area contributed by atoms with E-state index in [1.807, 2.05) is 0 Å². The maximum atomic E-state index is 13.8. The average Bonchev–Trinajstić information content (AvgIpc) is 2.44. The number of benzene rings is 2. The van der Waals surface area contributed by atoms with Crippen LogP contribution in [0.4, 0.5) is 4.39 Å². The zero-order chi connectivity index (χ0) is 15.6. The van der Waals surface area contributed by atoms with Gasteiger partial charge in [0.25, 0.3) is 5.91 Å². The smallest absolute Gasteiger partial charge is 0.255 e. The number of amides is 2. The molecule has 5 heteroatoms. The fraction of sp³-hybridized carbons (Fsp3) is 0.250. The number of nitrogens with zero attached hydrogens (tertiary/aromatic N) is 1. The normalized spacial score (nSPS) is 10.9. The van der Waals surface area contributed by atoms with E-state index in [1.54, 1.807) is 38.1 Å². The fourth-order valence-electron chi connectivity index (χ4n) is 2.26. The molecule has 0 aromatic heterocycles. The molecule has 2 aromatic rings. The van der Waals surface area contributed by atoms with Crippen LogP contribution in [0.1, 0.15) is 24.2 Å². The van der Waals surface area contributed by atoms with Crippen molar-refractivity contribution in [2.45, 2.75) is 19.9 Å². The summed E-state index contributed by atoms with van der Waals surface area (Å²) < 4.78 is 13.8. The van der Waals surface area contributed by atoms with Crippen LogP contribution < -0.4 is 5.73 Å². The van der Waals surface area contributed by atoms with E-state index in [9.17, 15) is 14.0 Å². The van der Waals surface area contributed by atoms with Crippen molar-refractivity contribution in [3.8, 4) is 0 Å². The van der Waals surface area contributed by atoms with Crippen LogP contribution in [0, 0.1) is 5.82 Å². The van der Waals surface area contributed by atoms with E-state index in [-0.39, 0.29) is 24.3 Å². The second-order valence-electron chi connectivity index (χ2n) is 5.13. The molecule has 0 aliphatic carbocycles. The summed E-state index contributed by atoms with van der Waals surface area (Å²) in [6, 6.07) is 9.28. The van der Waals surface area contributed by atoms with Gasteiger partial charge in [-0.25, -0.2) is 4.39 Å². The quantitative estimate of drug-likeness (QED) is 0.938. The Morgan fingerprint density at radius 1 is 1.14 bits per heavy atom. The number of halogens is 1. The summed E-state index contributed by atoms with van der Waals surface area (Å²) in [5.41, 5.74) is 5.55. The highest BCUT2D eigenvalue weighted by molar-refractivity contribution is 6.08. The molecule has 0 aliphatic heterocycles. The molecule has 0 fully saturated rings. The summed E-state index contributed by atoms with van der Waals surface area (Å²) in [5, 5.41) is 0.906. The predicted molar refractivity (Wildman–Crippen MR) is 79.3 cm³/mol. The van der Waals surface area contributed by atoms with E-state index < -0.39 is 5.91 Å². The van der Waals surface area contributed by atoms with E-state index in [4.69, 9.17) is 5.73 Å². The molecule has 4 nitrogen and oxygen atoms in total. The van der Waals surface area contributed by atoms with Gasteiger partial charge < -0.3 is 10.6 Å². The molecule has 0 aliphatic rings. The van der Waals surface area contributed by atoms with Gasteiger partial charge in [0.15, 0.2) is 0 Å². The van der Waals surface area contributed by atoms with Gasteiger partial charge in [-0.05, 0) is 31.4 Å². The van der Waals surface area contributed by atoms with Crippen molar-refractivity contribution in [3.05, 3.63) is 47.8 Å². The molecule has 0 atom stereocenters. The van der Waals surface area contributed by atoms with E-state index >= 15 is 0 Å². The Labute approximate surface area is 122 Å². The fourth-order valence-corrected chi connectivity index (χ4v) is 2.26. The van der Waals surface area contributed by atoms with Gasteiger partial charge in [-0.1, -0.05) is 24.3 Å². The Balaban J connectivity index is 2.52. The molecule has 0 unspecified atom stereocenters. The number of rotatable bonds is 4. The van der Waals surface area contributed by atoms with Crippen molar-refractivity contribution in [2.24, 2.45) is 5.73 Å². The van der Waals surface area contributed by atoms with Crippen molar-refractivity contribution in [1.29, 1.82) is 0 Å². The van der Waals surface area contributed by atoms with Crippen molar-refractivity contribution in [2.75, 3.05) is 6.54 Å². The molecule has 110 valence electrons. The lowest BCUT2D eigenvalue weighted by atomic mass is 10.0. The molecule has 0 saturated carbocycles. The van der Waals surface area contributed by atoms with Gasteiger partial charge in [0.1, 0.15) is 5.82 Å². The van der Waals surface area contributed by atoms with Gasteiger partial charge in [0.2, 0.25) is 5.91 Å². The third-order valence-electron chi connectivity index (χ3n) is 3.31. The molecule has 21 heavy (non-hydrogen) atoms. The van der Waals surface area contributed by atoms with Crippen LogP contribution in [0.3, 0.4) is 0 Å². The third-order valence-corrected chi connectivity index (χ3v) is 3.31. The molecular formula is C16H17FN2O2. The van der Waals surface area contributed by atoms with E-state index in [1.165, 1.54) is 17.0 Å². The second kappa shape index (κ2) is 5.91. The Morgan fingerprint density at radius 2 is 1.76 bits per heavy atom. The lowest BCUT2D eigenvalue weighted by Gasteiger charge is -2.26. The Hall–Kier alpha value is -2.43. The maximum absolute atomic E-state index is 13.8. The number of carbonyl (C=O) groups excluding carboxylic acids is 2. The van der Waals surface area contributed by atoms with Crippen LogP contribution in [-0.4, -0.2) is 29.3 Å². The largest absolute Gasteiger partial charge is 0.368 e. The first-order valence-electron chi connectivity index (χ1n) is 6.68. The first-order valence-corrected chi connectivity index (χ1v) is 6.68. The third kappa shape index (κ3) is 3.02. The SMILES string of the molecule is CC(C)N(CC(N)=O)C(=O)c1ccc(F)c2ccccc12. The topological polar surface area (TPSA) is 63.4 Å². The first-order chi connectivity index (χ1) is 9.91. The molecule has 0 saturated heterocycles. The highest BCUT2D eigenvalue weighted by atomic mass is 19.1. The van der Waals surface area contributed by atoms with Crippen molar-refractivity contribution >= 4 is 22.6 Å². The average molecular weight is 288 g/mol. The van der Waals surface area contributed by atoms with Gasteiger partial charge in [-0.3, -0.25) is 9.59 Å². The standard InChI is InChI=1S/C16H17FN2O2/c1-10(2)19(9-15(18)20)16(21)13-7-8-14(17)12-6-4-3-5-11(12)13/h3-8,10H,9H2,1-2H3,(H2,18,20). The number of fused-ring (bicyclic) bond motifs is 1. The summed E-state index contributed by atoms with van der Waals surface area (Å²) >= 11 is 0. The number of hydrogen-bond acceptors (Lipinski definition) is 2. The number of hydrogen-bond donors (Lipinski definition) is 1. The number of nitrogens with two attached hydrogens (primary N) is 1. The van der Waals surface area contributed by atoms with Crippen molar-refractivity contribution in [1.82, 2.24) is 4.90 Å². The molecular weight excluding hydrogens is 271 g/mol.